The van der Waals surface area contributed by atoms with Crippen molar-refractivity contribution in [2.75, 3.05) is 0 Å². The van der Waals surface area contributed by atoms with Crippen molar-refractivity contribution in [3.05, 3.63) is 64.9 Å². The normalized spacial score (nSPS) is 11.8. The summed E-state index contributed by atoms with van der Waals surface area (Å²) in [5, 5.41) is 0.631. The van der Waals surface area contributed by atoms with E-state index in [9.17, 15) is 8.78 Å². The number of benzene rings is 2. The first-order valence-corrected chi connectivity index (χ1v) is 6.72. The van der Waals surface area contributed by atoms with E-state index >= 15 is 0 Å². The molecule has 5 heteroatoms. The number of hydrogen-bond donors (Lipinski definition) is 0. The third-order valence-corrected chi connectivity index (χ3v) is 3.37. The number of rotatable bonds is 3. The van der Waals surface area contributed by atoms with E-state index in [0.29, 0.717) is 16.1 Å². The minimum Gasteiger partial charge on any atom is -0.267 e. The standard InChI is InChI=1S/C16H11ClF2N2/c17-12-8-5-11(6-9-12)7-10-15-20-13-3-1-2-4-14(13)21(15)16(18)19/h1-10,16H/b10-7+. The van der Waals surface area contributed by atoms with E-state index in [1.807, 2.05) is 12.1 Å². The van der Waals surface area contributed by atoms with Crippen molar-refractivity contribution in [1.82, 2.24) is 9.55 Å². The van der Waals surface area contributed by atoms with E-state index in [1.165, 1.54) is 0 Å². The Morgan fingerprint density at radius 1 is 1.00 bits per heavy atom. The highest BCUT2D eigenvalue weighted by Crippen LogP contribution is 2.24. The van der Waals surface area contributed by atoms with Gasteiger partial charge in [0.15, 0.2) is 0 Å². The molecule has 0 radical (unpaired) electrons. The van der Waals surface area contributed by atoms with Crippen LogP contribution in [0.1, 0.15) is 17.9 Å². The van der Waals surface area contributed by atoms with Gasteiger partial charge in [-0.1, -0.05) is 41.9 Å². The molecule has 0 saturated heterocycles. The third kappa shape index (κ3) is 2.81. The zero-order valence-corrected chi connectivity index (χ0v) is 11.6. The summed E-state index contributed by atoms with van der Waals surface area (Å²) in [6.07, 6.45) is 3.31. The van der Waals surface area contributed by atoms with Crippen LogP contribution in [0.4, 0.5) is 8.78 Å². The molecular weight excluding hydrogens is 294 g/mol. The number of aromatic nitrogens is 2. The third-order valence-electron chi connectivity index (χ3n) is 3.11. The van der Waals surface area contributed by atoms with Gasteiger partial charge in [-0.3, -0.25) is 4.57 Å². The summed E-state index contributed by atoms with van der Waals surface area (Å²) in [5.74, 6) is 0.223. The Balaban J connectivity index is 2.03. The van der Waals surface area contributed by atoms with E-state index in [4.69, 9.17) is 11.6 Å². The lowest BCUT2D eigenvalue weighted by Crippen LogP contribution is -2.00. The van der Waals surface area contributed by atoms with Crippen molar-refractivity contribution in [3.8, 4) is 0 Å². The molecule has 0 spiro atoms. The van der Waals surface area contributed by atoms with Crippen LogP contribution >= 0.6 is 11.6 Å². The smallest absolute Gasteiger partial charge is 0.267 e. The molecule has 2 aromatic carbocycles. The van der Waals surface area contributed by atoms with Crippen LogP contribution in [0.15, 0.2) is 48.5 Å². The maximum Gasteiger partial charge on any atom is 0.320 e. The van der Waals surface area contributed by atoms with Crippen molar-refractivity contribution in [1.29, 1.82) is 0 Å². The van der Waals surface area contributed by atoms with Crippen LogP contribution in [-0.4, -0.2) is 9.55 Å². The molecule has 0 aliphatic rings. The van der Waals surface area contributed by atoms with Crippen LogP contribution in [0.5, 0.6) is 0 Å². The summed E-state index contributed by atoms with van der Waals surface area (Å²) in [7, 11) is 0. The van der Waals surface area contributed by atoms with Crippen molar-refractivity contribution in [2.24, 2.45) is 0 Å². The molecule has 0 unspecified atom stereocenters. The summed E-state index contributed by atoms with van der Waals surface area (Å²) in [6, 6.07) is 14.0. The first-order valence-electron chi connectivity index (χ1n) is 6.34. The molecule has 0 N–H and O–H groups in total. The minimum atomic E-state index is -2.64. The van der Waals surface area contributed by atoms with Gasteiger partial charge in [-0.05, 0) is 35.9 Å². The highest BCUT2D eigenvalue weighted by Gasteiger charge is 2.15. The monoisotopic (exact) mass is 304 g/mol. The predicted molar refractivity (Wildman–Crippen MR) is 81.4 cm³/mol. The van der Waals surface area contributed by atoms with Gasteiger partial charge < -0.3 is 0 Å². The Kier molecular flexibility index (Phi) is 3.71. The predicted octanol–water partition coefficient (Wildman–Crippen LogP) is 5.26. The lowest BCUT2D eigenvalue weighted by molar-refractivity contribution is 0.0739. The van der Waals surface area contributed by atoms with E-state index in [2.05, 4.69) is 4.98 Å². The number of alkyl halides is 2. The van der Waals surface area contributed by atoms with Gasteiger partial charge in [-0.2, -0.15) is 8.78 Å². The number of para-hydroxylation sites is 2. The van der Waals surface area contributed by atoms with Crippen LogP contribution < -0.4 is 0 Å². The molecule has 0 bridgehead atoms. The Morgan fingerprint density at radius 3 is 2.43 bits per heavy atom. The number of fused-ring (bicyclic) bond motifs is 1. The molecule has 0 aliphatic carbocycles. The zero-order chi connectivity index (χ0) is 14.8. The molecule has 2 nitrogen and oxygen atoms in total. The molecule has 0 aliphatic heterocycles. The molecule has 0 fully saturated rings. The molecule has 0 amide bonds. The van der Waals surface area contributed by atoms with Crippen LogP contribution in [0.25, 0.3) is 23.2 Å². The van der Waals surface area contributed by atoms with Gasteiger partial charge in [-0.25, -0.2) is 4.98 Å². The van der Waals surface area contributed by atoms with E-state index in [0.717, 1.165) is 10.1 Å². The highest BCUT2D eigenvalue weighted by atomic mass is 35.5. The lowest BCUT2D eigenvalue weighted by Gasteiger charge is -2.04. The van der Waals surface area contributed by atoms with E-state index < -0.39 is 6.55 Å². The average Bonchev–Trinajstić information content (AvgIpc) is 2.85. The van der Waals surface area contributed by atoms with Crippen LogP contribution in [-0.2, 0) is 0 Å². The first kappa shape index (κ1) is 13.8. The van der Waals surface area contributed by atoms with Gasteiger partial charge in [0, 0.05) is 5.02 Å². The highest BCUT2D eigenvalue weighted by molar-refractivity contribution is 6.30. The Morgan fingerprint density at radius 2 is 1.71 bits per heavy atom. The molecule has 1 aromatic heterocycles. The minimum absolute atomic E-state index is 0.223. The van der Waals surface area contributed by atoms with Crippen LogP contribution in [0.2, 0.25) is 5.02 Å². The quantitative estimate of drug-likeness (QED) is 0.645. The SMILES string of the molecule is FC(F)n1c(/C=C/c2ccc(Cl)cc2)nc2ccccc21. The van der Waals surface area contributed by atoms with Gasteiger partial charge in [0.2, 0.25) is 0 Å². The second kappa shape index (κ2) is 5.66. The molecule has 3 rings (SSSR count). The van der Waals surface area contributed by atoms with E-state index in [1.54, 1.807) is 48.6 Å². The summed E-state index contributed by atoms with van der Waals surface area (Å²) in [5.41, 5.74) is 1.84. The molecule has 106 valence electrons. The fraction of sp³-hybridized carbons (Fsp3) is 0.0625. The lowest BCUT2D eigenvalue weighted by atomic mass is 10.2. The summed E-state index contributed by atoms with van der Waals surface area (Å²) < 4.78 is 27.4. The summed E-state index contributed by atoms with van der Waals surface area (Å²) in [6.45, 7) is -2.64. The second-order valence-electron chi connectivity index (χ2n) is 4.49. The van der Waals surface area contributed by atoms with Gasteiger partial charge in [0.05, 0.1) is 11.0 Å². The number of nitrogens with zero attached hydrogens (tertiary/aromatic N) is 2. The van der Waals surface area contributed by atoms with Gasteiger partial charge in [0.25, 0.3) is 0 Å². The van der Waals surface area contributed by atoms with Gasteiger partial charge in [0.1, 0.15) is 5.82 Å². The zero-order valence-electron chi connectivity index (χ0n) is 10.9. The Bertz CT molecular complexity index is 792. The van der Waals surface area contributed by atoms with Crippen molar-refractivity contribution in [3.63, 3.8) is 0 Å². The molecular formula is C16H11ClF2N2. The fourth-order valence-corrected chi connectivity index (χ4v) is 2.26. The van der Waals surface area contributed by atoms with Crippen molar-refractivity contribution < 1.29 is 8.78 Å². The fourth-order valence-electron chi connectivity index (χ4n) is 2.13. The molecule has 1 heterocycles. The van der Waals surface area contributed by atoms with Crippen LogP contribution in [0.3, 0.4) is 0 Å². The van der Waals surface area contributed by atoms with Crippen LogP contribution in [0, 0.1) is 0 Å². The Labute approximate surface area is 125 Å². The van der Waals surface area contributed by atoms with Crippen molar-refractivity contribution in [2.45, 2.75) is 6.55 Å². The largest absolute Gasteiger partial charge is 0.320 e. The topological polar surface area (TPSA) is 17.8 Å². The molecule has 0 atom stereocenters. The second-order valence-corrected chi connectivity index (χ2v) is 4.93. The van der Waals surface area contributed by atoms with E-state index in [-0.39, 0.29) is 5.82 Å². The molecule has 0 saturated carbocycles. The van der Waals surface area contributed by atoms with Gasteiger partial charge >= 0.3 is 6.55 Å². The maximum atomic E-state index is 13.2. The maximum absolute atomic E-state index is 13.2. The average molecular weight is 305 g/mol. The molecule has 3 aromatic rings. The first-order chi connectivity index (χ1) is 10.1. The summed E-state index contributed by atoms with van der Waals surface area (Å²) in [4.78, 5) is 4.24. The van der Waals surface area contributed by atoms with Crippen molar-refractivity contribution >= 4 is 34.8 Å². The number of halogens is 3. The Hall–Kier alpha value is -2.20. The molecule has 21 heavy (non-hydrogen) atoms. The number of imidazole rings is 1. The van der Waals surface area contributed by atoms with Gasteiger partial charge in [-0.15, -0.1) is 0 Å². The summed E-state index contributed by atoms with van der Waals surface area (Å²) >= 11 is 5.81. The number of hydrogen-bond acceptors (Lipinski definition) is 1.